The summed E-state index contributed by atoms with van der Waals surface area (Å²) in [5, 5.41) is 21.8. The molecule has 1 aliphatic rings. The standard InChI is InChI=1S/C23H22N6O6S/c1-14-12-15(8-9-18(14)24-25-21-19(28(32)33)13-20(36-21)29(34)35)26(2)10-5-11-27-22(30)16-6-3-4-7-17(16)23(27)31/h3-4,6-9,12-13,24-25H,5,10-11H2,1-2H3. The SMILES string of the molecule is Cc1cc(N(C)CCCN2C(=O)c3ccccc3C2=O)ccc1NNc1sc([N+](=O)[O-])cc1[N+](=O)[O-]. The number of anilines is 3. The van der Waals surface area contributed by atoms with E-state index < -0.39 is 9.85 Å². The number of imide groups is 1. The molecule has 0 saturated carbocycles. The lowest BCUT2D eigenvalue weighted by atomic mass is 10.1. The monoisotopic (exact) mass is 510 g/mol. The van der Waals surface area contributed by atoms with Crippen LogP contribution in [0, 0.1) is 27.2 Å². The van der Waals surface area contributed by atoms with Gasteiger partial charge in [-0.2, -0.15) is 0 Å². The van der Waals surface area contributed by atoms with Crippen LogP contribution >= 0.6 is 11.3 Å². The summed E-state index contributed by atoms with van der Waals surface area (Å²) in [7, 11) is 1.90. The van der Waals surface area contributed by atoms with Gasteiger partial charge in [-0.3, -0.25) is 45.6 Å². The number of benzene rings is 2. The largest absolute Gasteiger partial charge is 0.375 e. The summed E-state index contributed by atoms with van der Waals surface area (Å²) < 4.78 is 0. The average Bonchev–Trinajstić information content (AvgIpc) is 3.39. The number of carbonyl (C=O) groups excluding carboxylic acids is 2. The molecule has 0 radical (unpaired) electrons. The van der Waals surface area contributed by atoms with E-state index in [2.05, 4.69) is 10.9 Å². The smallest absolute Gasteiger partial charge is 0.333 e. The maximum atomic E-state index is 12.5. The first-order chi connectivity index (χ1) is 17.2. The third-order valence-corrected chi connectivity index (χ3v) is 6.78. The molecule has 13 heteroatoms. The van der Waals surface area contributed by atoms with Crippen molar-refractivity contribution in [2.45, 2.75) is 13.3 Å². The topological polar surface area (TPSA) is 151 Å². The zero-order valence-electron chi connectivity index (χ0n) is 19.4. The number of nitrogens with zero attached hydrogens (tertiary/aromatic N) is 4. The molecule has 1 aromatic heterocycles. The Morgan fingerprint density at radius 3 is 2.22 bits per heavy atom. The van der Waals surface area contributed by atoms with Crippen molar-refractivity contribution < 1.29 is 19.4 Å². The number of hydrogen-bond donors (Lipinski definition) is 2. The Morgan fingerprint density at radius 1 is 0.972 bits per heavy atom. The van der Waals surface area contributed by atoms with Crippen LogP contribution in [0.4, 0.5) is 27.1 Å². The normalized spacial score (nSPS) is 12.4. The molecule has 2 N–H and O–H groups in total. The van der Waals surface area contributed by atoms with Gasteiger partial charge >= 0.3 is 10.7 Å². The van der Waals surface area contributed by atoms with Gasteiger partial charge in [-0.15, -0.1) is 0 Å². The van der Waals surface area contributed by atoms with E-state index in [0.717, 1.165) is 17.3 Å². The minimum absolute atomic E-state index is 0.0282. The van der Waals surface area contributed by atoms with Crippen molar-refractivity contribution in [3.8, 4) is 0 Å². The van der Waals surface area contributed by atoms with Gasteiger partial charge in [0.15, 0.2) is 5.00 Å². The third kappa shape index (κ3) is 4.81. The Bertz CT molecular complexity index is 1340. The number of nitrogens with one attached hydrogen (secondary N) is 2. The fraction of sp³-hybridized carbons (Fsp3) is 0.217. The van der Waals surface area contributed by atoms with Crippen LogP contribution in [0.3, 0.4) is 0 Å². The number of nitro groups is 2. The van der Waals surface area contributed by atoms with E-state index in [1.165, 1.54) is 4.90 Å². The molecular formula is C23H22N6O6S. The van der Waals surface area contributed by atoms with Crippen LogP contribution in [0.5, 0.6) is 0 Å². The number of rotatable bonds is 10. The Kier molecular flexibility index (Phi) is 6.83. The zero-order chi connectivity index (χ0) is 26.0. The van der Waals surface area contributed by atoms with Gasteiger partial charge in [0.25, 0.3) is 11.8 Å². The Labute approximate surface area is 209 Å². The number of hydrogen-bond acceptors (Lipinski definition) is 10. The number of amides is 2. The molecule has 0 unspecified atom stereocenters. The summed E-state index contributed by atoms with van der Waals surface area (Å²) in [6, 6.07) is 13.3. The van der Waals surface area contributed by atoms with Crippen molar-refractivity contribution in [1.82, 2.24) is 4.90 Å². The molecule has 0 atom stereocenters. The van der Waals surface area contributed by atoms with Crippen LogP contribution < -0.4 is 15.8 Å². The molecule has 2 aromatic carbocycles. The van der Waals surface area contributed by atoms with Gasteiger partial charge in [0.2, 0.25) is 0 Å². The van der Waals surface area contributed by atoms with Crippen molar-refractivity contribution in [2.24, 2.45) is 0 Å². The highest BCUT2D eigenvalue weighted by Gasteiger charge is 2.34. The molecule has 12 nitrogen and oxygen atoms in total. The van der Waals surface area contributed by atoms with E-state index in [0.29, 0.717) is 47.7 Å². The molecule has 186 valence electrons. The summed E-state index contributed by atoms with van der Waals surface area (Å²) in [5.74, 6) is -0.540. The maximum absolute atomic E-state index is 12.5. The molecule has 0 fully saturated rings. The molecule has 36 heavy (non-hydrogen) atoms. The van der Waals surface area contributed by atoms with Crippen molar-refractivity contribution >= 4 is 50.2 Å². The van der Waals surface area contributed by atoms with E-state index in [1.54, 1.807) is 30.3 Å². The molecule has 0 spiro atoms. The summed E-state index contributed by atoms with van der Waals surface area (Å²) in [6.07, 6.45) is 0.587. The van der Waals surface area contributed by atoms with Gasteiger partial charge in [-0.05, 0) is 60.6 Å². The third-order valence-electron chi connectivity index (χ3n) is 5.79. The number of hydrazine groups is 1. The highest BCUT2D eigenvalue weighted by molar-refractivity contribution is 7.19. The number of aryl methyl sites for hydroxylation is 1. The maximum Gasteiger partial charge on any atom is 0.333 e. The summed E-state index contributed by atoms with van der Waals surface area (Å²) in [5.41, 5.74) is 8.44. The van der Waals surface area contributed by atoms with Crippen molar-refractivity contribution in [3.05, 3.63) is 85.4 Å². The van der Waals surface area contributed by atoms with Gasteiger partial charge in [0.05, 0.1) is 26.7 Å². The van der Waals surface area contributed by atoms with Crippen LogP contribution in [0.2, 0.25) is 0 Å². The molecule has 2 heterocycles. The Balaban J connectivity index is 1.34. The van der Waals surface area contributed by atoms with Crippen LogP contribution in [0.1, 0.15) is 32.7 Å². The minimum Gasteiger partial charge on any atom is -0.375 e. The first-order valence-corrected chi connectivity index (χ1v) is 11.7. The second-order valence-corrected chi connectivity index (χ2v) is 9.18. The van der Waals surface area contributed by atoms with E-state index in [-0.39, 0.29) is 27.5 Å². The number of fused-ring (bicyclic) bond motifs is 1. The zero-order valence-corrected chi connectivity index (χ0v) is 20.2. The molecule has 1 aliphatic heterocycles. The van der Waals surface area contributed by atoms with Crippen LogP contribution in [0.25, 0.3) is 0 Å². The first-order valence-electron chi connectivity index (χ1n) is 10.9. The van der Waals surface area contributed by atoms with E-state index in [4.69, 9.17) is 0 Å². The molecule has 4 rings (SSSR count). The highest BCUT2D eigenvalue weighted by Crippen LogP contribution is 2.39. The van der Waals surface area contributed by atoms with Gasteiger partial charge in [0, 0.05) is 25.8 Å². The molecular weight excluding hydrogens is 488 g/mol. The molecule has 3 aromatic rings. The minimum atomic E-state index is -0.680. The number of thiophene rings is 1. The van der Waals surface area contributed by atoms with Crippen molar-refractivity contribution in [2.75, 3.05) is 35.9 Å². The van der Waals surface area contributed by atoms with E-state index in [9.17, 15) is 29.8 Å². The quantitative estimate of drug-likeness (QED) is 0.229. The van der Waals surface area contributed by atoms with Crippen molar-refractivity contribution in [1.29, 1.82) is 0 Å². The van der Waals surface area contributed by atoms with Gasteiger partial charge < -0.3 is 4.90 Å². The lowest BCUT2D eigenvalue weighted by molar-refractivity contribution is -0.389. The van der Waals surface area contributed by atoms with Crippen LogP contribution in [-0.4, -0.2) is 46.7 Å². The second-order valence-electron chi connectivity index (χ2n) is 8.15. The average molecular weight is 511 g/mol. The molecule has 2 amide bonds. The molecule has 0 saturated heterocycles. The summed E-state index contributed by atoms with van der Waals surface area (Å²) in [4.78, 5) is 49.1. The predicted octanol–water partition coefficient (Wildman–Crippen LogP) is 4.43. The van der Waals surface area contributed by atoms with Crippen molar-refractivity contribution in [3.63, 3.8) is 0 Å². The first kappa shape index (κ1) is 24.6. The highest BCUT2D eigenvalue weighted by atomic mass is 32.1. The van der Waals surface area contributed by atoms with E-state index in [1.807, 2.05) is 31.0 Å². The second kappa shape index (κ2) is 10.00. The predicted molar refractivity (Wildman–Crippen MR) is 136 cm³/mol. The van der Waals surface area contributed by atoms with E-state index >= 15 is 0 Å². The summed E-state index contributed by atoms with van der Waals surface area (Å²) >= 11 is 0.670. The van der Waals surface area contributed by atoms with Crippen LogP contribution in [0.15, 0.2) is 48.5 Å². The lowest BCUT2D eigenvalue weighted by Gasteiger charge is -2.22. The molecule has 0 aliphatic carbocycles. The summed E-state index contributed by atoms with van der Waals surface area (Å²) in [6.45, 7) is 2.76. The number of carbonyl (C=O) groups is 2. The Hall–Kier alpha value is -4.52. The fourth-order valence-electron chi connectivity index (χ4n) is 3.87. The van der Waals surface area contributed by atoms with Gasteiger partial charge in [-0.25, -0.2) is 0 Å². The van der Waals surface area contributed by atoms with Crippen LogP contribution in [-0.2, 0) is 0 Å². The Morgan fingerprint density at radius 2 is 1.64 bits per heavy atom. The van der Waals surface area contributed by atoms with Gasteiger partial charge in [0.1, 0.15) is 6.07 Å². The molecule has 0 bridgehead atoms. The fourth-order valence-corrected chi connectivity index (χ4v) is 4.67. The van der Waals surface area contributed by atoms with Gasteiger partial charge in [-0.1, -0.05) is 12.1 Å². The lowest BCUT2D eigenvalue weighted by Crippen LogP contribution is -2.33.